The van der Waals surface area contributed by atoms with E-state index in [-0.39, 0.29) is 17.1 Å². The molecule has 10 heteroatoms. The maximum atomic E-state index is 11.8. The van der Waals surface area contributed by atoms with E-state index >= 15 is 0 Å². The summed E-state index contributed by atoms with van der Waals surface area (Å²) in [5.74, 6) is 2.16. The molecule has 0 aromatic carbocycles. The molecule has 9 nitrogen and oxygen atoms in total. The van der Waals surface area contributed by atoms with Crippen LogP contribution in [-0.4, -0.2) is 53.4 Å². The van der Waals surface area contributed by atoms with Crippen LogP contribution in [-0.2, 0) is 4.74 Å². The minimum absolute atomic E-state index is 0.0239. The third-order valence-electron chi connectivity index (χ3n) is 3.55. The van der Waals surface area contributed by atoms with Gasteiger partial charge in [0.05, 0.1) is 12.9 Å². The van der Waals surface area contributed by atoms with E-state index < -0.39 is 35.5 Å². The number of ether oxygens (including phenoxy) is 1. The number of H-pyrrole nitrogens is 1. The number of nitrogen functional groups attached to an aromatic ring is 1. The van der Waals surface area contributed by atoms with Crippen molar-refractivity contribution in [3.05, 3.63) is 16.7 Å². The number of hydrogen-bond acceptors (Lipinski definition) is 7. The predicted octanol–water partition coefficient (Wildman–Crippen LogP) is -1.44. The maximum Gasteiger partial charge on any atom is 0.280 e. The van der Waals surface area contributed by atoms with Gasteiger partial charge in [-0.2, -0.15) is 4.98 Å². The molecule has 1 fully saturated rings. The summed E-state index contributed by atoms with van der Waals surface area (Å²) in [6.07, 6.45) is 3.32. The molecule has 0 aliphatic carbocycles. The molecule has 5 N–H and O–H groups in total. The number of hydrogen-bond donors (Lipinski definition) is 4. The summed E-state index contributed by atoms with van der Waals surface area (Å²) in [6, 6.07) is 0. The highest BCUT2D eigenvalue weighted by Gasteiger charge is 2.55. The van der Waals surface area contributed by atoms with Crippen LogP contribution in [0.2, 0.25) is 0 Å². The minimum atomic E-state index is -1.65. The van der Waals surface area contributed by atoms with Gasteiger partial charge < -0.3 is 20.7 Å². The van der Waals surface area contributed by atoms with Gasteiger partial charge in [-0.1, -0.05) is 17.5 Å². The Morgan fingerprint density at radius 3 is 3.05 bits per heavy atom. The number of fused-ring (bicyclic) bond motifs is 1. The van der Waals surface area contributed by atoms with Crippen LogP contribution >= 0.6 is 11.6 Å². The number of aliphatic hydroxyl groups is 2. The number of halogens is 1. The van der Waals surface area contributed by atoms with Crippen LogP contribution in [0, 0.1) is 12.3 Å². The summed E-state index contributed by atoms with van der Waals surface area (Å²) in [5.41, 5.74) is 5.13. The van der Waals surface area contributed by atoms with Crippen molar-refractivity contribution in [2.75, 3.05) is 12.3 Å². The van der Waals surface area contributed by atoms with E-state index in [9.17, 15) is 15.0 Å². The van der Waals surface area contributed by atoms with Crippen LogP contribution in [0.3, 0.4) is 0 Å². The Morgan fingerprint density at radius 2 is 2.41 bits per heavy atom. The molecule has 3 heterocycles. The smallest absolute Gasteiger partial charge is 0.280 e. The largest absolute Gasteiger partial charge is 0.394 e. The van der Waals surface area contributed by atoms with Crippen molar-refractivity contribution in [1.82, 2.24) is 19.5 Å². The summed E-state index contributed by atoms with van der Waals surface area (Å²) in [7, 11) is 0. The number of rotatable bonds is 2. The first kappa shape index (κ1) is 14.8. The SMILES string of the molecule is C#C[C@@]1(Cl)C(O)[C@@H](CO)O[C@H]1n1cnc2c(=O)[nH]c(N)nc21. The van der Waals surface area contributed by atoms with E-state index in [1.807, 2.05) is 0 Å². The number of alkyl halides is 1. The average molecular weight is 326 g/mol. The average Bonchev–Trinajstić information content (AvgIpc) is 3.00. The van der Waals surface area contributed by atoms with Crippen molar-refractivity contribution in [3.63, 3.8) is 0 Å². The Kier molecular flexibility index (Phi) is 3.34. The zero-order chi connectivity index (χ0) is 16.1. The van der Waals surface area contributed by atoms with Gasteiger partial charge >= 0.3 is 0 Å². The van der Waals surface area contributed by atoms with Gasteiger partial charge in [-0.05, 0) is 0 Å². The van der Waals surface area contributed by atoms with E-state index in [0.717, 1.165) is 0 Å². The lowest BCUT2D eigenvalue weighted by atomic mass is 9.99. The number of aliphatic hydroxyl groups excluding tert-OH is 2. The Bertz CT molecular complexity index is 827. The Labute approximate surface area is 128 Å². The normalized spacial score (nSPS) is 31.5. The van der Waals surface area contributed by atoms with Crippen molar-refractivity contribution < 1.29 is 14.9 Å². The lowest BCUT2D eigenvalue weighted by molar-refractivity contribution is -0.0436. The quantitative estimate of drug-likeness (QED) is 0.392. The molecule has 2 aromatic heterocycles. The van der Waals surface area contributed by atoms with Crippen molar-refractivity contribution in [2.24, 2.45) is 0 Å². The van der Waals surface area contributed by atoms with Gasteiger partial charge in [-0.3, -0.25) is 14.3 Å². The predicted molar refractivity (Wildman–Crippen MR) is 77.0 cm³/mol. The molecule has 0 amide bonds. The fraction of sp³-hybridized carbons (Fsp3) is 0.417. The number of aromatic amines is 1. The molecular weight excluding hydrogens is 314 g/mol. The van der Waals surface area contributed by atoms with Crippen LogP contribution < -0.4 is 11.3 Å². The second-order valence-electron chi connectivity index (χ2n) is 4.84. The molecule has 2 aromatic rings. The maximum absolute atomic E-state index is 11.8. The van der Waals surface area contributed by atoms with Crippen molar-refractivity contribution in [1.29, 1.82) is 0 Å². The molecule has 1 aliphatic heterocycles. The van der Waals surface area contributed by atoms with Gasteiger partial charge in [0, 0.05) is 0 Å². The first-order valence-corrected chi connectivity index (χ1v) is 6.63. The molecule has 4 atom stereocenters. The number of nitrogens with zero attached hydrogens (tertiary/aromatic N) is 3. The molecular formula is C12H12ClN5O4. The van der Waals surface area contributed by atoms with E-state index in [1.54, 1.807) is 0 Å². The molecule has 1 aliphatic rings. The van der Waals surface area contributed by atoms with Crippen molar-refractivity contribution in [2.45, 2.75) is 23.3 Å². The van der Waals surface area contributed by atoms with Crippen LogP contribution in [0.25, 0.3) is 11.2 Å². The summed E-state index contributed by atoms with van der Waals surface area (Å²) in [4.78, 5) is 20.4. The second kappa shape index (κ2) is 4.96. The Balaban J connectivity index is 2.19. The third kappa shape index (κ3) is 1.89. The van der Waals surface area contributed by atoms with E-state index in [1.165, 1.54) is 10.9 Å². The summed E-state index contributed by atoms with van der Waals surface area (Å²) in [5, 5.41) is 19.4. The highest BCUT2D eigenvalue weighted by Crippen LogP contribution is 2.43. The monoisotopic (exact) mass is 325 g/mol. The Morgan fingerprint density at radius 1 is 1.68 bits per heavy atom. The molecule has 1 unspecified atom stereocenters. The molecule has 0 bridgehead atoms. The summed E-state index contributed by atoms with van der Waals surface area (Å²) in [6.45, 7) is -0.476. The first-order chi connectivity index (χ1) is 10.4. The van der Waals surface area contributed by atoms with Crippen LogP contribution in [0.1, 0.15) is 6.23 Å². The molecule has 22 heavy (non-hydrogen) atoms. The number of terminal acetylenes is 1. The molecule has 1 saturated heterocycles. The number of nitrogens with two attached hydrogens (primary N) is 1. The van der Waals surface area contributed by atoms with Gasteiger partial charge in [-0.25, -0.2) is 4.98 Å². The highest BCUT2D eigenvalue weighted by atomic mass is 35.5. The molecule has 116 valence electrons. The van der Waals surface area contributed by atoms with E-state index in [0.29, 0.717) is 0 Å². The third-order valence-corrected chi connectivity index (χ3v) is 4.07. The number of nitrogens with one attached hydrogen (secondary N) is 1. The van der Waals surface area contributed by atoms with Crippen molar-refractivity contribution >= 4 is 28.7 Å². The van der Waals surface area contributed by atoms with Gasteiger partial charge in [0.15, 0.2) is 22.3 Å². The van der Waals surface area contributed by atoms with E-state index in [2.05, 4.69) is 20.9 Å². The number of anilines is 1. The van der Waals surface area contributed by atoms with Crippen LogP contribution in [0.4, 0.5) is 5.95 Å². The molecule has 0 spiro atoms. The summed E-state index contributed by atoms with van der Waals surface area (Å²) >= 11 is 6.30. The van der Waals surface area contributed by atoms with Crippen molar-refractivity contribution in [3.8, 4) is 12.3 Å². The standard InChI is InChI=1S/C12H12ClN5O4/c1-2-12(13)7(20)5(3-19)22-10(12)18-4-15-6-8(18)16-11(14)17-9(6)21/h1,4-5,7,10,19-20H,3H2,(H3,14,16,17,21)/t5-,7?,10-,12-/m1/s1. The van der Waals surface area contributed by atoms with Gasteiger partial charge in [-0.15, -0.1) is 6.42 Å². The fourth-order valence-electron chi connectivity index (χ4n) is 2.44. The number of imidazole rings is 1. The lowest BCUT2D eigenvalue weighted by Crippen LogP contribution is -2.41. The van der Waals surface area contributed by atoms with E-state index in [4.69, 9.17) is 28.5 Å². The van der Waals surface area contributed by atoms with Crippen LogP contribution in [0.15, 0.2) is 11.1 Å². The number of aromatic nitrogens is 4. The van der Waals surface area contributed by atoms with Gasteiger partial charge in [0.25, 0.3) is 5.56 Å². The second-order valence-corrected chi connectivity index (χ2v) is 5.47. The molecule has 0 radical (unpaired) electrons. The highest BCUT2D eigenvalue weighted by molar-refractivity contribution is 6.27. The van der Waals surface area contributed by atoms with Gasteiger partial charge in [0.2, 0.25) is 5.95 Å². The zero-order valence-electron chi connectivity index (χ0n) is 11.1. The molecule has 3 rings (SSSR count). The summed E-state index contributed by atoms with van der Waals surface area (Å²) < 4.78 is 6.83. The minimum Gasteiger partial charge on any atom is -0.394 e. The topological polar surface area (TPSA) is 139 Å². The fourth-order valence-corrected chi connectivity index (χ4v) is 2.73. The lowest BCUT2D eigenvalue weighted by Gasteiger charge is -2.25. The van der Waals surface area contributed by atoms with Gasteiger partial charge in [0.1, 0.15) is 12.2 Å². The Hall–Kier alpha value is -2.12. The molecule has 0 saturated carbocycles. The zero-order valence-corrected chi connectivity index (χ0v) is 11.9. The van der Waals surface area contributed by atoms with Crippen LogP contribution in [0.5, 0.6) is 0 Å². The first-order valence-electron chi connectivity index (χ1n) is 6.25.